The van der Waals surface area contributed by atoms with Crippen molar-refractivity contribution in [3.8, 4) is 11.1 Å². The summed E-state index contributed by atoms with van der Waals surface area (Å²) in [4.78, 5) is 18.7. The number of esters is 1. The fourth-order valence-electron chi connectivity index (χ4n) is 2.95. The number of carbonyl (C=O) groups excluding carboxylic acids is 1. The molecule has 0 N–H and O–H groups in total. The average molecular weight is 314 g/mol. The molecule has 6 heteroatoms. The standard InChI is InChI=1S/C17H22N4O2/c1-3-23-17(22)14-5-4-8-21(12-14)16-7-6-13(9-18-16)15-10-19-20(2)11-15/h6-7,9-11,14H,3-5,8,12H2,1-2H3. The zero-order valence-corrected chi connectivity index (χ0v) is 13.6. The van der Waals surface area contributed by atoms with Gasteiger partial charge >= 0.3 is 5.97 Å². The molecular weight excluding hydrogens is 292 g/mol. The Labute approximate surface area is 136 Å². The molecule has 0 amide bonds. The molecule has 2 aromatic heterocycles. The summed E-state index contributed by atoms with van der Waals surface area (Å²) >= 11 is 0. The number of piperidine rings is 1. The van der Waals surface area contributed by atoms with E-state index in [1.54, 1.807) is 4.68 Å². The van der Waals surface area contributed by atoms with Gasteiger partial charge in [-0.25, -0.2) is 4.98 Å². The first-order chi connectivity index (χ1) is 11.2. The Kier molecular flexibility index (Phi) is 4.60. The van der Waals surface area contributed by atoms with Gasteiger partial charge in [-0.15, -0.1) is 0 Å². The van der Waals surface area contributed by atoms with Crippen LogP contribution in [0, 0.1) is 5.92 Å². The number of rotatable bonds is 4. The van der Waals surface area contributed by atoms with Crippen LogP contribution in [0.4, 0.5) is 5.82 Å². The fourth-order valence-corrected chi connectivity index (χ4v) is 2.95. The Morgan fingerprint density at radius 2 is 2.22 bits per heavy atom. The van der Waals surface area contributed by atoms with Gasteiger partial charge in [0, 0.05) is 43.7 Å². The van der Waals surface area contributed by atoms with Gasteiger partial charge in [-0.3, -0.25) is 9.48 Å². The van der Waals surface area contributed by atoms with Crippen LogP contribution < -0.4 is 4.90 Å². The number of nitrogens with zero attached hydrogens (tertiary/aromatic N) is 4. The largest absolute Gasteiger partial charge is 0.466 e. The topological polar surface area (TPSA) is 60.2 Å². The van der Waals surface area contributed by atoms with Crippen LogP contribution >= 0.6 is 0 Å². The molecule has 0 aliphatic carbocycles. The van der Waals surface area contributed by atoms with E-state index in [9.17, 15) is 4.79 Å². The quantitative estimate of drug-likeness (QED) is 0.810. The molecule has 1 aliphatic rings. The maximum absolute atomic E-state index is 11.9. The van der Waals surface area contributed by atoms with Crippen molar-refractivity contribution < 1.29 is 9.53 Å². The van der Waals surface area contributed by atoms with E-state index in [0.717, 1.165) is 36.3 Å². The van der Waals surface area contributed by atoms with Crippen molar-refractivity contribution in [2.45, 2.75) is 19.8 Å². The number of aryl methyl sites for hydroxylation is 1. The highest BCUT2D eigenvalue weighted by molar-refractivity contribution is 5.73. The summed E-state index contributed by atoms with van der Waals surface area (Å²) in [6.07, 6.45) is 7.53. The number of aromatic nitrogens is 3. The number of carbonyl (C=O) groups is 1. The van der Waals surface area contributed by atoms with Gasteiger partial charge in [0.1, 0.15) is 5.82 Å². The highest BCUT2D eigenvalue weighted by Crippen LogP contribution is 2.25. The average Bonchev–Trinajstić information content (AvgIpc) is 3.02. The zero-order chi connectivity index (χ0) is 16.2. The molecule has 0 radical (unpaired) electrons. The van der Waals surface area contributed by atoms with Gasteiger partial charge in [0.15, 0.2) is 0 Å². The molecule has 1 atom stereocenters. The second kappa shape index (κ2) is 6.81. The molecular formula is C17H22N4O2. The Morgan fingerprint density at radius 1 is 1.35 bits per heavy atom. The maximum atomic E-state index is 11.9. The zero-order valence-electron chi connectivity index (χ0n) is 13.6. The van der Waals surface area contributed by atoms with Crippen LogP contribution in [0.5, 0.6) is 0 Å². The van der Waals surface area contributed by atoms with Gasteiger partial charge in [0.2, 0.25) is 0 Å². The van der Waals surface area contributed by atoms with Gasteiger partial charge in [0.25, 0.3) is 0 Å². The van der Waals surface area contributed by atoms with Crippen LogP contribution in [-0.2, 0) is 16.6 Å². The molecule has 0 aromatic carbocycles. The summed E-state index contributed by atoms with van der Waals surface area (Å²) in [6, 6.07) is 4.06. The van der Waals surface area contributed by atoms with E-state index in [4.69, 9.17) is 4.74 Å². The molecule has 2 aromatic rings. The molecule has 0 spiro atoms. The molecule has 3 heterocycles. The van der Waals surface area contributed by atoms with Crippen molar-refractivity contribution >= 4 is 11.8 Å². The second-order valence-corrected chi connectivity index (χ2v) is 5.84. The molecule has 0 bridgehead atoms. The predicted molar refractivity (Wildman–Crippen MR) is 88.0 cm³/mol. The summed E-state index contributed by atoms with van der Waals surface area (Å²) < 4.78 is 6.93. The van der Waals surface area contributed by atoms with Gasteiger partial charge in [-0.2, -0.15) is 5.10 Å². The maximum Gasteiger partial charge on any atom is 0.310 e. The van der Waals surface area contributed by atoms with Crippen LogP contribution in [0.25, 0.3) is 11.1 Å². The van der Waals surface area contributed by atoms with E-state index < -0.39 is 0 Å². The van der Waals surface area contributed by atoms with Crippen molar-refractivity contribution in [1.82, 2.24) is 14.8 Å². The molecule has 23 heavy (non-hydrogen) atoms. The van der Waals surface area contributed by atoms with Gasteiger partial charge in [0.05, 0.1) is 18.7 Å². The number of hydrogen-bond donors (Lipinski definition) is 0. The van der Waals surface area contributed by atoms with Crippen molar-refractivity contribution in [3.05, 3.63) is 30.7 Å². The molecule has 1 fully saturated rings. The van der Waals surface area contributed by atoms with E-state index in [1.807, 2.05) is 44.7 Å². The monoisotopic (exact) mass is 314 g/mol. The van der Waals surface area contributed by atoms with Gasteiger partial charge in [-0.05, 0) is 31.9 Å². The first kappa shape index (κ1) is 15.5. The summed E-state index contributed by atoms with van der Waals surface area (Å²) in [5, 5.41) is 4.18. The fraction of sp³-hybridized carbons (Fsp3) is 0.471. The van der Waals surface area contributed by atoms with Crippen molar-refractivity contribution in [2.24, 2.45) is 13.0 Å². The van der Waals surface area contributed by atoms with Crippen LogP contribution in [-0.4, -0.2) is 40.4 Å². The second-order valence-electron chi connectivity index (χ2n) is 5.84. The highest BCUT2D eigenvalue weighted by Gasteiger charge is 2.27. The first-order valence-electron chi connectivity index (χ1n) is 8.04. The third-order valence-electron chi connectivity index (χ3n) is 4.15. The Bertz CT molecular complexity index is 665. The number of hydrogen-bond acceptors (Lipinski definition) is 5. The van der Waals surface area contributed by atoms with Crippen molar-refractivity contribution in [1.29, 1.82) is 0 Å². The van der Waals surface area contributed by atoms with E-state index in [-0.39, 0.29) is 11.9 Å². The lowest BCUT2D eigenvalue weighted by Gasteiger charge is -2.32. The highest BCUT2D eigenvalue weighted by atomic mass is 16.5. The van der Waals surface area contributed by atoms with E-state index >= 15 is 0 Å². The van der Waals surface area contributed by atoms with Crippen molar-refractivity contribution in [2.75, 3.05) is 24.6 Å². The minimum absolute atomic E-state index is 0.0523. The Balaban J connectivity index is 1.70. The number of anilines is 1. The lowest BCUT2D eigenvalue weighted by atomic mass is 9.98. The Hall–Kier alpha value is -2.37. The van der Waals surface area contributed by atoms with Crippen LogP contribution in [0.2, 0.25) is 0 Å². The van der Waals surface area contributed by atoms with Gasteiger partial charge < -0.3 is 9.64 Å². The summed E-state index contributed by atoms with van der Waals surface area (Å²) in [7, 11) is 1.90. The SMILES string of the molecule is CCOC(=O)C1CCCN(c2ccc(-c3cnn(C)c3)cn2)C1. The molecule has 1 unspecified atom stereocenters. The third-order valence-corrected chi connectivity index (χ3v) is 4.15. The molecule has 122 valence electrons. The minimum Gasteiger partial charge on any atom is -0.466 e. The molecule has 1 saturated heterocycles. The molecule has 1 aliphatic heterocycles. The van der Waals surface area contributed by atoms with E-state index in [0.29, 0.717) is 13.2 Å². The lowest BCUT2D eigenvalue weighted by molar-refractivity contribution is -0.148. The van der Waals surface area contributed by atoms with Crippen LogP contribution in [0.1, 0.15) is 19.8 Å². The Morgan fingerprint density at radius 3 is 2.87 bits per heavy atom. The predicted octanol–water partition coefficient (Wildman–Crippen LogP) is 2.26. The van der Waals surface area contributed by atoms with Crippen molar-refractivity contribution in [3.63, 3.8) is 0 Å². The number of pyridine rings is 1. The molecule has 3 rings (SSSR count). The summed E-state index contributed by atoms with van der Waals surface area (Å²) in [5.41, 5.74) is 2.09. The van der Waals surface area contributed by atoms with Crippen LogP contribution in [0.15, 0.2) is 30.7 Å². The molecule has 6 nitrogen and oxygen atoms in total. The van der Waals surface area contributed by atoms with E-state index in [1.165, 1.54) is 0 Å². The lowest BCUT2D eigenvalue weighted by Crippen LogP contribution is -2.39. The summed E-state index contributed by atoms with van der Waals surface area (Å²) in [5.74, 6) is 0.763. The van der Waals surface area contributed by atoms with Gasteiger partial charge in [-0.1, -0.05) is 0 Å². The minimum atomic E-state index is -0.0934. The van der Waals surface area contributed by atoms with E-state index in [2.05, 4.69) is 15.0 Å². The summed E-state index contributed by atoms with van der Waals surface area (Å²) in [6.45, 7) is 3.89. The van der Waals surface area contributed by atoms with Crippen LogP contribution in [0.3, 0.4) is 0 Å². The normalized spacial score (nSPS) is 18.0. The number of ether oxygens (including phenoxy) is 1. The molecule has 0 saturated carbocycles. The third kappa shape index (κ3) is 3.52. The first-order valence-corrected chi connectivity index (χ1v) is 8.04. The smallest absolute Gasteiger partial charge is 0.310 e.